The van der Waals surface area contributed by atoms with Gasteiger partial charge in [-0.15, -0.1) is 0 Å². The Balaban J connectivity index is 1.66. The van der Waals surface area contributed by atoms with Crippen LogP contribution in [-0.2, 0) is 12.1 Å². The highest BCUT2D eigenvalue weighted by Crippen LogP contribution is 2.32. The van der Waals surface area contributed by atoms with E-state index < -0.39 is 29.2 Å². The molecule has 2 aromatic carbocycles. The Kier molecular flexibility index (Phi) is 6.88. The molecule has 4 aromatic rings. The second kappa shape index (κ2) is 9.73. The number of hydrogen-bond donors (Lipinski definition) is 2. The molecule has 0 aliphatic rings. The van der Waals surface area contributed by atoms with Gasteiger partial charge in [0.25, 0.3) is 5.91 Å². The lowest BCUT2D eigenvalue weighted by molar-refractivity contribution is -0.0186. The Labute approximate surface area is 209 Å². The molecule has 4 rings (SSSR count). The van der Waals surface area contributed by atoms with Gasteiger partial charge in [0.1, 0.15) is 35.6 Å². The first-order valence-corrected chi connectivity index (χ1v) is 11.2. The molecule has 0 spiro atoms. The van der Waals surface area contributed by atoms with Gasteiger partial charge in [0.15, 0.2) is 0 Å². The molecule has 2 heterocycles. The van der Waals surface area contributed by atoms with Gasteiger partial charge in [0, 0.05) is 11.6 Å². The summed E-state index contributed by atoms with van der Waals surface area (Å²) in [5, 5.41) is 23.2. The Hall–Kier alpha value is -3.34. The smallest absolute Gasteiger partial charge is 0.255 e. The Morgan fingerprint density at radius 3 is 2.54 bits per heavy atom. The minimum atomic E-state index is -2.00. The van der Waals surface area contributed by atoms with E-state index in [2.05, 4.69) is 20.5 Å². The molecule has 2 atom stereocenters. The largest absolute Gasteiger partial charge is 0.381 e. The van der Waals surface area contributed by atoms with Crippen molar-refractivity contribution in [2.45, 2.75) is 32.0 Å². The van der Waals surface area contributed by atoms with Crippen LogP contribution < -0.4 is 5.32 Å². The van der Waals surface area contributed by atoms with Gasteiger partial charge in [-0.25, -0.2) is 23.1 Å². The second-order valence-corrected chi connectivity index (χ2v) is 8.78. The summed E-state index contributed by atoms with van der Waals surface area (Å²) in [4.78, 5) is 17.0. The third-order valence-corrected chi connectivity index (χ3v) is 6.34. The van der Waals surface area contributed by atoms with E-state index in [0.717, 1.165) is 12.1 Å². The van der Waals surface area contributed by atoms with Crippen LogP contribution in [-0.4, -0.2) is 41.6 Å². The number of nitrogens with one attached hydrogen (secondary N) is 1. The molecule has 182 valence electrons. The fraction of sp³-hybridized carbons (Fsp3) is 0.217. The number of carbonyl (C=O) groups excluding carboxylic acids is 1. The zero-order valence-electron chi connectivity index (χ0n) is 18.6. The van der Waals surface area contributed by atoms with Crippen LogP contribution in [0.5, 0.6) is 0 Å². The Morgan fingerprint density at radius 1 is 1.20 bits per heavy atom. The summed E-state index contributed by atoms with van der Waals surface area (Å²) in [6.45, 7) is 2.90. The van der Waals surface area contributed by atoms with Gasteiger partial charge in [0.05, 0.1) is 40.1 Å². The summed E-state index contributed by atoms with van der Waals surface area (Å²) in [6, 6.07) is 6.75. The maximum atomic E-state index is 14.7. The molecule has 0 fully saturated rings. The van der Waals surface area contributed by atoms with Crippen LogP contribution in [0.15, 0.2) is 55.2 Å². The third kappa shape index (κ3) is 4.77. The van der Waals surface area contributed by atoms with Crippen molar-refractivity contribution < 1.29 is 18.7 Å². The number of benzene rings is 2. The SMILES string of the molecule is Cc1c(C(=O)N[C@H](C)[C@](O)(Cn2cncn2)c2ccc(F)cc2F)cnn1-c1c(Cl)cccc1Cl. The predicted octanol–water partition coefficient (Wildman–Crippen LogP) is 4.06. The zero-order chi connectivity index (χ0) is 25.3. The van der Waals surface area contributed by atoms with E-state index >= 15 is 0 Å². The number of halogens is 4. The average Bonchev–Trinajstić information content (AvgIpc) is 3.43. The number of hydrogen-bond acceptors (Lipinski definition) is 5. The molecule has 0 saturated carbocycles. The molecule has 8 nitrogen and oxygen atoms in total. The molecule has 0 radical (unpaired) electrons. The third-order valence-electron chi connectivity index (χ3n) is 5.73. The minimum absolute atomic E-state index is 0.190. The van der Waals surface area contributed by atoms with Crippen LogP contribution >= 0.6 is 23.2 Å². The molecule has 2 aromatic heterocycles. The summed E-state index contributed by atoms with van der Waals surface area (Å²) in [5.74, 6) is -2.35. The van der Waals surface area contributed by atoms with Crippen molar-refractivity contribution in [1.82, 2.24) is 29.9 Å². The van der Waals surface area contributed by atoms with Crippen LogP contribution in [0.2, 0.25) is 10.0 Å². The van der Waals surface area contributed by atoms with Crippen LogP contribution in [0.4, 0.5) is 8.78 Å². The van der Waals surface area contributed by atoms with Crippen molar-refractivity contribution >= 4 is 29.1 Å². The number of nitrogens with zero attached hydrogens (tertiary/aromatic N) is 5. The molecule has 12 heteroatoms. The quantitative estimate of drug-likeness (QED) is 0.382. The van der Waals surface area contributed by atoms with Gasteiger partial charge in [-0.1, -0.05) is 35.3 Å². The highest BCUT2D eigenvalue weighted by Gasteiger charge is 2.40. The van der Waals surface area contributed by atoms with Gasteiger partial charge in [-0.2, -0.15) is 10.2 Å². The molecule has 1 amide bonds. The van der Waals surface area contributed by atoms with Gasteiger partial charge < -0.3 is 10.4 Å². The lowest BCUT2D eigenvalue weighted by Crippen LogP contribution is -2.52. The number of rotatable bonds is 7. The number of aromatic nitrogens is 5. The van der Waals surface area contributed by atoms with Crippen molar-refractivity contribution in [3.8, 4) is 5.69 Å². The minimum Gasteiger partial charge on any atom is -0.381 e. The van der Waals surface area contributed by atoms with E-state index in [-0.39, 0.29) is 17.7 Å². The lowest BCUT2D eigenvalue weighted by atomic mass is 9.86. The van der Waals surface area contributed by atoms with Crippen molar-refractivity contribution in [1.29, 1.82) is 0 Å². The number of aliphatic hydroxyl groups is 1. The molecule has 35 heavy (non-hydrogen) atoms. The number of amides is 1. The molecule has 2 N–H and O–H groups in total. The van der Waals surface area contributed by atoms with Crippen LogP contribution in [0, 0.1) is 18.6 Å². The van der Waals surface area contributed by atoms with E-state index in [0.29, 0.717) is 27.5 Å². The fourth-order valence-electron chi connectivity index (χ4n) is 3.80. The van der Waals surface area contributed by atoms with Gasteiger partial charge in [-0.05, 0) is 32.0 Å². The van der Waals surface area contributed by atoms with E-state index in [1.54, 1.807) is 25.1 Å². The van der Waals surface area contributed by atoms with Crippen molar-refractivity contribution in [2.75, 3.05) is 0 Å². The van der Waals surface area contributed by atoms with E-state index in [4.69, 9.17) is 23.2 Å². The lowest BCUT2D eigenvalue weighted by Gasteiger charge is -2.35. The summed E-state index contributed by atoms with van der Waals surface area (Å²) < 4.78 is 31.0. The van der Waals surface area contributed by atoms with E-state index in [1.807, 2.05) is 0 Å². The first kappa shape index (κ1) is 24.8. The fourth-order valence-corrected chi connectivity index (χ4v) is 4.36. The van der Waals surface area contributed by atoms with Gasteiger partial charge in [0.2, 0.25) is 0 Å². The molecule has 0 aliphatic carbocycles. The summed E-state index contributed by atoms with van der Waals surface area (Å²) >= 11 is 12.6. The van der Waals surface area contributed by atoms with Crippen molar-refractivity contribution in [3.63, 3.8) is 0 Å². The van der Waals surface area contributed by atoms with E-state index in [1.165, 1.54) is 35.1 Å². The summed E-state index contributed by atoms with van der Waals surface area (Å²) in [7, 11) is 0. The number of carbonyl (C=O) groups is 1. The maximum Gasteiger partial charge on any atom is 0.255 e. The number of para-hydroxylation sites is 1. The Bertz CT molecular complexity index is 1360. The average molecular weight is 521 g/mol. The molecule has 0 aliphatic heterocycles. The highest BCUT2D eigenvalue weighted by atomic mass is 35.5. The monoisotopic (exact) mass is 520 g/mol. The summed E-state index contributed by atoms with van der Waals surface area (Å²) in [5.41, 5.74) is -1.17. The molecule has 0 bridgehead atoms. The van der Waals surface area contributed by atoms with Gasteiger partial charge in [-0.3, -0.25) is 4.79 Å². The first-order chi connectivity index (χ1) is 16.6. The zero-order valence-corrected chi connectivity index (χ0v) is 20.1. The topological polar surface area (TPSA) is 97.9 Å². The first-order valence-electron chi connectivity index (χ1n) is 10.4. The molecular formula is C23H20Cl2F2N6O2. The van der Waals surface area contributed by atoms with Gasteiger partial charge >= 0.3 is 0 Å². The second-order valence-electron chi connectivity index (χ2n) is 7.96. The maximum absolute atomic E-state index is 14.7. The van der Waals surface area contributed by atoms with E-state index in [9.17, 15) is 18.7 Å². The predicted molar refractivity (Wildman–Crippen MR) is 126 cm³/mol. The molecule has 0 unspecified atom stereocenters. The van der Waals surface area contributed by atoms with Crippen LogP contribution in [0.3, 0.4) is 0 Å². The standard InChI is InChI=1S/C23H20Cl2F2N6O2/c1-13-16(9-29-33(13)21-18(24)4-3-5-19(21)25)22(34)31-14(2)23(35,10-32-12-28-11-30-32)17-7-6-15(26)8-20(17)27/h3-9,11-12,14,35H,10H2,1-2H3,(H,31,34)/t14-,23-/m1/s1. The Morgan fingerprint density at radius 2 is 1.91 bits per heavy atom. The normalized spacial score (nSPS) is 13.9. The molecular weight excluding hydrogens is 501 g/mol. The van der Waals surface area contributed by atoms with Crippen molar-refractivity contribution in [3.05, 3.63) is 93.8 Å². The summed E-state index contributed by atoms with van der Waals surface area (Å²) in [6.07, 6.45) is 3.93. The molecule has 0 saturated heterocycles. The van der Waals surface area contributed by atoms with Crippen molar-refractivity contribution in [2.24, 2.45) is 0 Å². The van der Waals surface area contributed by atoms with Crippen LogP contribution in [0.1, 0.15) is 28.5 Å². The highest BCUT2D eigenvalue weighted by molar-refractivity contribution is 6.37. The van der Waals surface area contributed by atoms with Crippen LogP contribution in [0.25, 0.3) is 5.69 Å².